The number of aromatic nitrogens is 4. The number of nitrogens with zero attached hydrogens (tertiary/aromatic N) is 3. The summed E-state index contributed by atoms with van der Waals surface area (Å²) in [5, 5.41) is 0.565. The number of halogens is 1. The Balaban J connectivity index is 1.84. The lowest BCUT2D eigenvalue weighted by Gasteiger charge is -2.14. The molecule has 2 heterocycles. The number of ether oxygens (including phenoxy) is 2. The Morgan fingerprint density at radius 3 is 2.50 bits per heavy atom. The Morgan fingerprint density at radius 2 is 1.84 bits per heavy atom. The first-order valence-electron chi connectivity index (χ1n) is 10.7. The van der Waals surface area contributed by atoms with Crippen molar-refractivity contribution in [3.63, 3.8) is 0 Å². The van der Waals surface area contributed by atoms with E-state index >= 15 is 0 Å². The highest BCUT2D eigenvalue weighted by Gasteiger charge is 2.21. The number of benzene rings is 1. The van der Waals surface area contributed by atoms with E-state index in [2.05, 4.69) is 9.97 Å². The van der Waals surface area contributed by atoms with Gasteiger partial charge in [0.2, 0.25) is 0 Å². The van der Waals surface area contributed by atoms with Crippen molar-refractivity contribution >= 4 is 28.7 Å². The second kappa shape index (κ2) is 10.5. The van der Waals surface area contributed by atoms with Crippen molar-refractivity contribution in [3.05, 3.63) is 56.0 Å². The van der Waals surface area contributed by atoms with E-state index in [0.717, 1.165) is 19.3 Å². The van der Waals surface area contributed by atoms with E-state index in [4.69, 9.17) is 21.1 Å². The molecule has 0 saturated carbocycles. The molecule has 2 aromatic heterocycles. The molecule has 1 N–H and O–H groups in total. The van der Waals surface area contributed by atoms with Crippen LogP contribution in [0.15, 0.2) is 33.9 Å². The van der Waals surface area contributed by atoms with E-state index in [1.54, 1.807) is 35.8 Å². The third kappa shape index (κ3) is 5.21. The second-order valence-corrected chi connectivity index (χ2v) is 7.87. The van der Waals surface area contributed by atoms with Crippen molar-refractivity contribution in [1.82, 2.24) is 19.1 Å². The fourth-order valence-corrected chi connectivity index (χ4v) is 3.46. The molecule has 0 amide bonds. The molecule has 10 heteroatoms. The van der Waals surface area contributed by atoms with Crippen LogP contribution in [0, 0.1) is 0 Å². The molecule has 3 aromatic rings. The number of aromatic amines is 1. The number of carbonyl (C=O) groups excluding carboxylic acids is 1. The lowest BCUT2D eigenvalue weighted by molar-refractivity contribution is -0.152. The lowest BCUT2D eigenvalue weighted by atomic mass is 10.3. The van der Waals surface area contributed by atoms with Gasteiger partial charge in [-0.3, -0.25) is 14.3 Å². The van der Waals surface area contributed by atoms with Crippen LogP contribution >= 0.6 is 11.6 Å². The highest BCUT2D eigenvalue weighted by molar-refractivity contribution is 6.30. The van der Waals surface area contributed by atoms with Gasteiger partial charge in [0, 0.05) is 18.1 Å². The normalized spacial score (nSPS) is 12.1. The van der Waals surface area contributed by atoms with Gasteiger partial charge in [0.25, 0.3) is 5.56 Å². The maximum atomic E-state index is 12.5. The van der Waals surface area contributed by atoms with E-state index in [0.29, 0.717) is 40.8 Å². The molecule has 1 unspecified atom stereocenters. The van der Waals surface area contributed by atoms with E-state index in [1.165, 1.54) is 4.57 Å². The third-order valence-electron chi connectivity index (χ3n) is 4.95. The molecule has 0 fully saturated rings. The number of imidazole rings is 1. The summed E-state index contributed by atoms with van der Waals surface area (Å²) in [5.41, 5.74) is -0.391. The van der Waals surface area contributed by atoms with Crippen molar-refractivity contribution in [3.8, 4) is 5.75 Å². The zero-order valence-corrected chi connectivity index (χ0v) is 19.1. The predicted molar refractivity (Wildman–Crippen MR) is 121 cm³/mol. The molecule has 0 aliphatic rings. The van der Waals surface area contributed by atoms with Crippen molar-refractivity contribution < 1.29 is 14.3 Å². The SMILES string of the molecule is CCCCn1c(=O)[nH]c(=O)c2c1nc(COC(=O)C(C)Oc1ccc(Cl)cc1)n2CCC. The smallest absolute Gasteiger partial charge is 0.347 e. The fraction of sp³-hybridized carbons (Fsp3) is 0.455. The standard InChI is InChI=1S/C22H27ClN4O5/c1-4-6-12-27-19-18(20(28)25-22(27)30)26(11-5-2)17(24-19)13-31-21(29)14(3)32-16-9-7-15(23)8-10-16/h7-10,14H,4-6,11-13H2,1-3H3,(H,25,28,30). The van der Waals surface area contributed by atoms with E-state index in [1.807, 2.05) is 13.8 Å². The average Bonchev–Trinajstić information content (AvgIpc) is 3.12. The summed E-state index contributed by atoms with van der Waals surface area (Å²) >= 11 is 5.86. The maximum absolute atomic E-state index is 12.5. The summed E-state index contributed by atoms with van der Waals surface area (Å²) in [5.74, 6) is 0.311. The van der Waals surface area contributed by atoms with Crippen LogP contribution in [-0.2, 0) is 29.2 Å². The van der Waals surface area contributed by atoms with Gasteiger partial charge in [0.15, 0.2) is 17.3 Å². The zero-order valence-electron chi connectivity index (χ0n) is 18.4. The molecule has 32 heavy (non-hydrogen) atoms. The quantitative estimate of drug-likeness (QED) is 0.463. The number of fused-ring (bicyclic) bond motifs is 1. The largest absolute Gasteiger partial charge is 0.479 e. The molecule has 0 saturated heterocycles. The number of esters is 1. The topological polar surface area (TPSA) is 108 Å². The maximum Gasteiger partial charge on any atom is 0.347 e. The van der Waals surface area contributed by atoms with E-state index < -0.39 is 23.3 Å². The summed E-state index contributed by atoms with van der Waals surface area (Å²) in [7, 11) is 0. The van der Waals surface area contributed by atoms with Crippen LogP contribution in [0.2, 0.25) is 5.02 Å². The average molecular weight is 463 g/mol. The summed E-state index contributed by atoms with van der Waals surface area (Å²) in [6, 6.07) is 6.65. The van der Waals surface area contributed by atoms with Gasteiger partial charge in [-0.15, -0.1) is 0 Å². The Kier molecular flexibility index (Phi) is 7.74. The van der Waals surface area contributed by atoms with Gasteiger partial charge < -0.3 is 14.0 Å². The summed E-state index contributed by atoms with van der Waals surface area (Å²) in [6.07, 6.45) is 1.53. The lowest BCUT2D eigenvalue weighted by Crippen LogP contribution is -2.31. The predicted octanol–water partition coefficient (Wildman–Crippen LogP) is 3.26. The van der Waals surface area contributed by atoms with Crippen LogP contribution in [0.3, 0.4) is 0 Å². The fourth-order valence-electron chi connectivity index (χ4n) is 3.33. The number of H-pyrrole nitrogens is 1. The molecule has 0 spiro atoms. The first kappa shape index (κ1) is 23.6. The van der Waals surface area contributed by atoms with Crippen molar-refractivity contribution in [2.24, 2.45) is 0 Å². The van der Waals surface area contributed by atoms with Gasteiger partial charge in [0.05, 0.1) is 0 Å². The Labute approximate surface area is 189 Å². The monoisotopic (exact) mass is 462 g/mol. The minimum absolute atomic E-state index is 0.150. The number of rotatable bonds is 10. The van der Waals surface area contributed by atoms with Gasteiger partial charge in [-0.25, -0.2) is 14.6 Å². The molecule has 3 rings (SSSR count). The van der Waals surface area contributed by atoms with Crippen molar-refractivity contribution in [2.45, 2.75) is 65.8 Å². The molecular formula is C22H27ClN4O5. The van der Waals surface area contributed by atoms with E-state index in [9.17, 15) is 14.4 Å². The minimum Gasteiger partial charge on any atom is -0.479 e. The van der Waals surface area contributed by atoms with Crippen LogP contribution in [0.1, 0.15) is 45.9 Å². The number of carbonyl (C=O) groups is 1. The van der Waals surface area contributed by atoms with Gasteiger partial charge in [-0.05, 0) is 44.0 Å². The number of nitrogens with one attached hydrogen (secondary N) is 1. The van der Waals surface area contributed by atoms with Gasteiger partial charge in [0.1, 0.15) is 18.2 Å². The van der Waals surface area contributed by atoms with Crippen LogP contribution in [0.5, 0.6) is 5.75 Å². The number of unbranched alkanes of at least 4 members (excludes halogenated alkanes) is 1. The molecule has 172 valence electrons. The first-order chi connectivity index (χ1) is 15.3. The second-order valence-electron chi connectivity index (χ2n) is 7.44. The Morgan fingerprint density at radius 1 is 1.12 bits per heavy atom. The van der Waals surface area contributed by atoms with Crippen LogP contribution in [0.4, 0.5) is 0 Å². The Bertz CT molecular complexity index is 1200. The molecule has 0 aliphatic heterocycles. The summed E-state index contributed by atoms with van der Waals surface area (Å²) < 4.78 is 14.2. The highest BCUT2D eigenvalue weighted by Crippen LogP contribution is 2.18. The minimum atomic E-state index is -0.855. The highest BCUT2D eigenvalue weighted by atomic mass is 35.5. The van der Waals surface area contributed by atoms with Gasteiger partial charge >= 0.3 is 11.7 Å². The van der Waals surface area contributed by atoms with Crippen LogP contribution in [0.25, 0.3) is 11.2 Å². The molecule has 0 bridgehead atoms. The van der Waals surface area contributed by atoms with Crippen molar-refractivity contribution in [2.75, 3.05) is 0 Å². The molecular weight excluding hydrogens is 436 g/mol. The molecule has 0 aliphatic carbocycles. The van der Waals surface area contributed by atoms with Crippen LogP contribution in [-0.4, -0.2) is 31.2 Å². The van der Waals surface area contributed by atoms with E-state index in [-0.39, 0.29) is 6.61 Å². The first-order valence-corrected chi connectivity index (χ1v) is 11.0. The summed E-state index contributed by atoms with van der Waals surface area (Å²) in [6.45, 7) is 6.35. The molecule has 0 radical (unpaired) electrons. The number of aryl methyl sites for hydroxylation is 2. The van der Waals surface area contributed by atoms with Crippen LogP contribution < -0.4 is 16.0 Å². The van der Waals surface area contributed by atoms with Crippen molar-refractivity contribution in [1.29, 1.82) is 0 Å². The van der Waals surface area contributed by atoms with Gasteiger partial charge in [-0.1, -0.05) is 31.9 Å². The number of hydrogen-bond acceptors (Lipinski definition) is 6. The van der Waals surface area contributed by atoms with Gasteiger partial charge in [-0.2, -0.15) is 0 Å². The Hall–Kier alpha value is -3.07. The zero-order chi connectivity index (χ0) is 23.3. The number of hydrogen-bond donors (Lipinski definition) is 1. The molecule has 1 atom stereocenters. The summed E-state index contributed by atoms with van der Waals surface area (Å²) in [4.78, 5) is 44.2. The molecule has 1 aromatic carbocycles. The molecule has 9 nitrogen and oxygen atoms in total. The third-order valence-corrected chi connectivity index (χ3v) is 5.20.